The van der Waals surface area contributed by atoms with Gasteiger partial charge in [-0.05, 0) is 25.0 Å². The summed E-state index contributed by atoms with van der Waals surface area (Å²) < 4.78 is 0. The smallest absolute Gasteiger partial charge is 0.278 e. The van der Waals surface area contributed by atoms with Crippen LogP contribution in [0.5, 0.6) is 0 Å². The Kier molecular flexibility index (Phi) is 4.59. The van der Waals surface area contributed by atoms with Gasteiger partial charge in [0.1, 0.15) is 5.82 Å². The maximum Gasteiger partial charge on any atom is 0.278 e. The van der Waals surface area contributed by atoms with E-state index in [0.717, 1.165) is 54.2 Å². The molecule has 8 heteroatoms. The van der Waals surface area contributed by atoms with Crippen LogP contribution in [-0.2, 0) is 0 Å². The van der Waals surface area contributed by atoms with Gasteiger partial charge in [-0.25, -0.2) is 4.98 Å². The quantitative estimate of drug-likeness (QED) is 0.405. The second kappa shape index (κ2) is 7.55. The van der Waals surface area contributed by atoms with Crippen LogP contribution in [0.25, 0.3) is 22.2 Å². The molecule has 5 rings (SSSR count). The lowest BCUT2D eigenvalue weighted by Crippen LogP contribution is -2.33. The first-order valence-electron chi connectivity index (χ1n) is 9.94. The molecule has 0 radical (unpaired) electrons. The maximum absolute atomic E-state index is 11.4. The molecule has 1 aliphatic heterocycles. The Labute approximate surface area is 172 Å². The molecule has 2 aromatic carbocycles. The Morgan fingerprint density at radius 3 is 2.60 bits per heavy atom. The molecule has 8 nitrogen and oxygen atoms in total. The molecule has 0 atom stereocenters. The zero-order chi connectivity index (χ0) is 20.5. The fraction of sp³-hybridized carbons (Fsp3) is 0.227. The molecule has 1 aliphatic rings. The third-order valence-electron chi connectivity index (χ3n) is 5.73. The van der Waals surface area contributed by atoms with Gasteiger partial charge in [-0.1, -0.05) is 30.3 Å². The van der Waals surface area contributed by atoms with Gasteiger partial charge in [0.05, 0.1) is 10.3 Å². The van der Waals surface area contributed by atoms with Crippen LogP contribution in [0.15, 0.2) is 60.9 Å². The minimum atomic E-state index is -0.353. The van der Waals surface area contributed by atoms with Crippen LogP contribution in [0.4, 0.5) is 11.4 Å². The molecule has 0 bridgehead atoms. The number of hydrogen-bond acceptors (Lipinski definition) is 6. The van der Waals surface area contributed by atoms with E-state index in [9.17, 15) is 10.1 Å². The average molecular weight is 400 g/mol. The number of H-pyrrole nitrogens is 1. The Morgan fingerprint density at radius 2 is 1.83 bits per heavy atom. The summed E-state index contributed by atoms with van der Waals surface area (Å²) >= 11 is 0. The molecule has 0 aliphatic carbocycles. The van der Waals surface area contributed by atoms with E-state index < -0.39 is 0 Å². The first kappa shape index (κ1) is 18.2. The summed E-state index contributed by atoms with van der Waals surface area (Å²) in [5.41, 5.74) is 2.11. The fourth-order valence-corrected chi connectivity index (χ4v) is 4.16. The lowest BCUT2D eigenvalue weighted by molar-refractivity contribution is -0.383. The predicted molar refractivity (Wildman–Crippen MR) is 114 cm³/mol. The number of benzene rings is 2. The molecule has 0 spiro atoms. The van der Waals surface area contributed by atoms with E-state index in [1.165, 1.54) is 0 Å². The molecule has 1 N–H and O–H groups in total. The standard InChI is InChI=1S/C22H20N6O2/c29-28(30)20-7-6-19(17-8-11-23-14-18(17)20)27-12-9-16(10-13-27)22-24-21(25-26-22)15-4-2-1-3-5-15/h1-8,11,14,16H,9-10,12-13H2,(H,24,25,26). The van der Waals surface area contributed by atoms with Crippen molar-refractivity contribution < 1.29 is 4.92 Å². The normalized spacial score (nSPS) is 14.9. The zero-order valence-corrected chi connectivity index (χ0v) is 16.2. The number of rotatable bonds is 4. The minimum absolute atomic E-state index is 0.0897. The summed E-state index contributed by atoms with van der Waals surface area (Å²) in [7, 11) is 0. The van der Waals surface area contributed by atoms with Crippen molar-refractivity contribution in [3.05, 3.63) is 76.9 Å². The monoisotopic (exact) mass is 400 g/mol. The number of aromatic amines is 1. The first-order chi connectivity index (χ1) is 14.7. The average Bonchev–Trinajstić information content (AvgIpc) is 3.29. The molecule has 1 fully saturated rings. The summed E-state index contributed by atoms with van der Waals surface area (Å²) in [4.78, 5) is 22.1. The number of anilines is 1. The van der Waals surface area contributed by atoms with Crippen molar-refractivity contribution in [2.75, 3.05) is 18.0 Å². The molecular weight excluding hydrogens is 380 g/mol. The lowest BCUT2D eigenvalue weighted by Gasteiger charge is -2.33. The van der Waals surface area contributed by atoms with Gasteiger partial charge < -0.3 is 4.90 Å². The van der Waals surface area contributed by atoms with E-state index >= 15 is 0 Å². The van der Waals surface area contributed by atoms with E-state index in [4.69, 9.17) is 4.98 Å². The molecule has 4 aromatic rings. The summed E-state index contributed by atoms with van der Waals surface area (Å²) in [6, 6.07) is 15.2. The van der Waals surface area contributed by atoms with Gasteiger partial charge in [0.15, 0.2) is 5.82 Å². The molecule has 1 saturated heterocycles. The van der Waals surface area contributed by atoms with Gasteiger partial charge in [-0.2, -0.15) is 5.10 Å². The van der Waals surface area contributed by atoms with Crippen LogP contribution in [0.3, 0.4) is 0 Å². The van der Waals surface area contributed by atoms with Gasteiger partial charge in [-0.15, -0.1) is 0 Å². The van der Waals surface area contributed by atoms with Crippen molar-refractivity contribution in [2.24, 2.45) is 0 Å². The number of fused-ring (bicyclic) bond motifs is 1. The lowest BCUT2D eigenvalue weighted by atomic mass is 9.95. The Hall–Kier alpha value is -3.81. The highest BCUT2D eigenvalue weighted by Gasteiger charge is 2.25. The van der Waals surface area contributed by atoms with Crippen LogP contribution in [-0.4, -0.2) is 38.2 Å². The maximum atomic E-state index is 11.4. The van der Waals surface area contributed by atoms with Crippen molar-refractivity contribution in [1.29, 1.82) is 0 Å². The molecule has 0 unspecified atom stereocenters. The topological polar surface area (TPSA) is 101 Å². The third kappa shape index (κ3) is 3.26. The Bertz CT molecular complexity index is 1200. The summed E-state index contributed by atoms with van der Waals surface area (Å²) in [5.74, 6) is 1.96. The summed E-state index contributed by atoms with van der Waals surface area (Å²) in [5, 5.41) is 20.3. The van der Waals surface area contributed by atoms with Gasteiger partial charge in [0.2, 0.25) is 0 Å². The largest absolute Gasteiger partial charge is 0.371 e. The molecular formula is C22H20N6O2. The molecule has 0 saturated carbocycles. The van der Waals surface area contributed by atoms with Crippen molar-refractivity contribution >= 4 is 22.1 Å². The Morgan fingerprint density at radius 1 is 1.03 bits per heavy atom. The van der Waals surface area contributed by atoms with E-state index in [-0.39, 0.29) is 10.6 Å². The van der Waals surface area contributed by atoms with Crippen molar-refractivity contribution in [3.63, 3.8) is 0 Å². The van der Waals surface area contributed by atoms with Crippen LogP contribution < -0.4 is 4.90 Å². The second-order valence-electron chi connectivity index (χ2n) is 7.45. The number of nitrogens with zero attached hydrogens (tertiary/aromatic N) is 5. The highest BCUT2D eigenvalue weighted by molar-refractivity contribution is 5.99. The van der Waals surface area contributed by atoms with Crippen LogP contribution >= 0.6 is 0 Å². The summed E-state index contributed by atoms with van der Waals surface area (Å²) in [6.07, 6.45) is 5.13. The fourth-order valence-electron chi connectivity index (χ4n) is 4.16. The summed E-state index contributed by atoms with van der Waals surface area (Å²) in [6.45, 7) is 1.70. The molecule has 0 amide bonds. The van der Waals surface area contributed by atoms with Gasteiger partial charge in [0, 0.05) is 54.1 Å². The SMILES string of the molecule is O=[N+]([O-])c1ccc(N2CCC(c3nc(-c4ccccc4)n[nH]3)CC2)c2ccncc12. The zero-order valence-electron chi connectivity index (χ0n) is 16.2. The first-order valence-corrected chi connectivity index (χ1v) is 9.94. The molecule has 30 heavy (non-hydrogen) atoms. The highest BCUT2D eigenvalue weighted by Crippen LogP contribution is 2.36. The highest BCUT2D eigenvalue weighted by atomic mass is 16.6. The van der Waals surface area contributed by atoms with Gasteiger partial charge in [0.25, 0.3) is 5.69 Å². The number of aromatic nitrogens is 4. The number of hydrogen-bond donors (Lipinski definition) is 1. The van der Waals surface area contributed by atoms with Gasteiger partial charge >= 0.3 is 0 Å². The van der Waals surface area contributed by atoms with Crippen LogP contribution in [0.2, 0.25) is 0 Å². The number of pyridine rings is 1. The van der Waals surface area contributed by atoms with E-state index in [1.54, 1.807) is 18.5 Å². The second-order valence-corrected chi connectivity index (χ2v) is 7.45. The molecule has 3 heterocycles. The van der Waals surface area contributed by atoms with E-state index in [2.05, 4.69) is 20.1 Å². The third-order valence-corrected chi connectivity index (χ3v) is 5.73. The number of nitro groups is 1. The van der Waals surface area contributed by atoms with Gasteiger partial charge in [-0.3, -0.25) is 20.2 Å². The molecule has 150 valence electrons. The number of piperidine rings is 1. The number of nitrogens with one attached hydrogen (secondary N) is 1. The van der Waals surface area contributed by atoms with E-state index in [1.807, 2.05) is 42.5 Å². The minimum Gasteiger partial charge on any atom is -0.371 e. The van der Waals surface area contributed by atoms with Crippen LogP contribution in [0, 0.1) is 10.1 Å². The number of non-ortho nitro benzene ring substituents is 1. The number of nitro benzene ring substituents is 1. The Balaban J connectivity index is 1.35. The molecule has 2 aromatic heterocycles. The van der Waals surface area contributed by atoms with Crippen molar-refractivity contribution in [3.8, 4) is 11.4 Å². The van der Waals surface area contributed by atoms with Crippen LogP contribution in [0.1, 0.15) is 24.6 Å². The predicted octanol–water partition coefficient (Wildman–Crippen LogP) is 4.31. The van der Waals surface area contributed by atoms with Crippen molar-refractivity contribution in [1.82, 2.24) is 20.2 Å². The van der Waals surface area contributed by atoms with Crippen molar-refractivity contribution in [2.45, 2.75) is 18.8 Å². The van der Waals surface area contributed by atoms with E-state index in [0.29, 0.717) is 11.3 Å².